The predicted octanol–water partition coefficient (Wildman–Crippen LogP) is 2.80. The van der Waals surface area contributed by atoms with Gasteiger partial charge < -0.3 is 25.2 Å². The van der Waals surface area contributed by atoms with Crippen molar-refractivity contribution in [3.8, 4) is 11.4 Å². The van der Waals surface area contributed by atoms with Gasteiger partial charge in [-0.15, -0.1) is 0 Å². The Bertz CT molecular complexity index is 1560. The van der Waals surface area contributed by atoms with E-state index in [4.69, 9.17) is 4.74 Å². The van der Waals surface area contributed by atoms with E-state index in [1.165, 1.54) is 18.6 Å². The summed E-state index contributed by atoms with van der Waals surface area (Å²) in [6.45, 7) is 7.32. The third-order valence-corrected chi connectivity index (χ3v) is 6.37. The Labute approximate surface area is 219 Å². The third-order valence-electron chi connectivity index (χ3n) is 6.37. The normalized spacial score (nSPS) is 13.8. The molecular formula is C27H28N8O3. The number of anilines is 4. The van der Waals surface area contributed by atoms with Crippen LogP contribution in [0.3, 0.4) is 0 Å². The number of fused-ring (bicyclic) bond motifs is 1. The summed E-state index contributed by atoms with van der Waals surface area (Å²) in [5.74, 6) is 0.732. The molecule has 2 N–H and O–H groups in total. The van der Waals surface area contributed by atoms with Gasteiger partial charge in [0.05, 0.1) is 18.5 Å². The Kier molecular flexibility index (Phi) is 7.00. The van der Waals surface area contributed by atoms with Crippen molar-refractivity contribution in [1.82, 2.24) is 24.4 Å². The Morgan fingerprint density at radius 3 is 2.66 bits per heavy atom. The number of rotatable bonds is 7. The first-order valence-electron chi connectivity index (χ1n) is 12.1. The smallest absolute Gasteiger partial charge is 0.283 e. The quantitative estimate of drug-likeness (QED) is 0.361. The molecule has 0 atom stereocenters. The number of carbonyl (C=O) groups is 1. The lowest BCUT2D eigenvalue weighted by Gasteiger charge is -2.34. The molecule has 1 aliphatic heterocycles. The fraction of sp³-hybridized carbons (Fsp3) is 0.222. The van der Waals surface area contributed by atoms with Crippen LogP contribution in [-0.2, 0) is 4.79 Å². The number of nitrogens with one attached hydrogen (secondary N) is 2. The molecule has 1 amide bonds. The Morgan fingerprint density at radius 1 is 1.08 bits per heavy atom. The van der Waals surface area contributed by atoms with E-state index in [1.54, 1.807) is 29.9 Å². The highest BCUT2D eigenvalue weighted by molar-refractivity contribution is 5.99. The first kappa shape index (κ1) is 24.9. The number of nitrogens with zero attached hydrogens (tertiary/aromatic N) is 6. The molecule has 2 aromatic carbocycles. The monoisotopic (exact) mass is 512 g/mol. The van der Waals surface area contributed by atoms with E-state index < -0.39 is 5.56 Å². The minimum Gasteiger partial charge on any atom is -0.495 e. The maximum absolute atomic E-state index is 12.5. The van der Waals surface area contributed by atoms with Gasteiger partial charge in [0.25, 0.3) is 5.56 Å². The highest BCUT2D eigenvalue weighted by Crippen LogP contribution is 2.32. The summed E-state index contributed by atoms with van der Waals surface area (Å²) in [5, 5.41) is 6.21. The molecule has 194 valence electrons. The highest BCUT2D eigenvalue weighted by atomic mass is 16.5. The number of hydrogen-bond acceptors (Lipinski definition) is 9. The Hall–Kier alpha value is -4.77. The molecule has 0 unspecified atom stereocenters. The fourth-order valence-electron chi connectivity index (χ4n) is 4.31. The van der Waals surface area contributed by atoms with E-state index in [2.05, 4.69) is 49.0 Å². The van der Waals surface area contributed by atoms with Gasteiger partial charge >= 0.3 is 0 Å². The van der Waals surface area contributed by atoms with Crippen LogP contribution >= 0.6 is 0 Å². The fourth-order valence-corrected chi connectivity index (χ4v) is 4.31. The lowest BCUT2D eigenvalue weighted by Crippen LogP contribution is -2.44. The molecule has 0 radical (unpaired) electrons. The van der Waals surface area contributed by atoms with Gasteiger partial charge in [-0.2, -0.15) is 9.97 Å². The zero-order chi connectivity index (χ0) is 26.6. The van der Waals surface area contributed by atoms with Crippen molar-refractivity contribution in [1.29, 1.82) is 0 Å². The number of ether oxygens (including phenoxy) is 1. The second-order valence-electron chi connectivity index (χ2n) is 8.90. The summed E-state index contributed by atoms with van der Waals surface area (Å²) in [7, 11) is 3.78. The van der Waals surface area contributed by atoms with Crippen LogP contribution in [0.25, 0.3) is 16.7 Å². The Morgan fingerprint density at radius 2 is 1.89 bits per heavy atom. The minimum absolute atomic E-state index is 0.265. The van der Waals surface area contributed by atoms with Crippen LogP contribution < -0.4 is 25.8 Å². The van der Waals surface area contributed by atoms with Gasteiger partial charge in [0.15, 0.2) is 5.65 Å². The van der Waals surface area contributed by atoms with E-state index in [-0.39, 0.29) is 11.3 Å². The van der Waals surface area contributed by atoms with Crippen molar-refractivity contribution >= 4 is 40.0 Å². The van der Waals surface area contributed by atoms with Gasteiger partial charge in [-0.25, -0.2) is 4.98 Å². The van der Waals surface area contributed by atoms with Crippen LogP contribution in [-0.4, -0.2) is 70.7 Å². The molecule has 4 aromatic rings. The van der Waals surface area contributed by atoms with E-state index >= 15 is 0 Å². The van der Waals surface area contributed by atoms with Gasteiger partial charge in [0.1, 0.15) is 17.5 Å². The van der Waals surface area contributed by atoms with Crippen LogP contribution in [0.15, 0.2) is 72.4 Å². The highest BCUT2D eigenvalue weighted by Gasteiger charge is 2.18. The van der Waals surface area contributed by atoms with E-state index in [0.717, 1.165) is 43.3 Å². The SMILES string of the molecule is C=CC(=O)Nc1cccc(-n2cnc(=O)c3cnc(Nc4ccc(N5CCN(C)CC5)c(OC)c4)nc32)c1. The first-order chi connectivity index (χ1) is 18.4. The second kappa shape index (κ2) is 10.7. The van der Waals surface area contributed by atoms with Gasteiger partial charge in [0, 0.05) is 49.8 Å². The van der Waals surface area contributed by atoms with Crippen molar-refractivity contribution in [2.45, 2.75) is 0 Å². The van der Waals surface area contributed by atoms with E-state index in [0.29, 0.717) is 23.0 Å². The molecule has 1 saturated heterocycles. The van der Waals surface area contributed by atoms with Gasteiger partial charge in [-0.05, 0) is 43.5 Å². The summed E-state index contributed by atoms with van der Waals surface area (Å²) in [5.41, 5.74) is 2.95. The number of hydrogen-bond donors (Lipinski definition) is 2. The van der Waals surface area contributed by atoms with Gasteiger partial charge in [0.2, 0.25) is 11.9 Å². The van der Waals surface area contributed by atoms with Crippen molar-refractivity contribution < 1.29 is 9.53 Å². The molecule has 2 aromatic heterocycles. The summed E-state index contributed by atoms with van der Waals surface area (Å²) in [4.78, 5) is 41.8. The Balaban J connectivity index is 1.47. The average molecular weight is 513 g/mol. The molecule has 0 aliphatic carbocycles. The van der Waals surface area contributed by atoms with E-state index in [1.807, 2.05) is 24.3 Å². The molecule has 1 fully saturated rings. The molecule has 0 bridgehead atoms. The van der Waals surface area contributed by atoms with E-state index in [9.17, 15) is 9.59 Å². The topological polar surface area (TPSA) is 118 Å². The van der Waals surface area contributed by atoms with Crippen LogP contribution in [0.4, 0.5) is 23.0 Å². The molecule has 11 heteroatoms. The molecule has 0 spiro atoms. The predicted molar refractivity (Wildman–Crippen MR) is 148 cm³/mol. The maximum atomic E-state index is 12.5. The molecule has 5 rings (SSSR count). The second-order valence-corrected chi connectivity index (χ2v) is 8.90. The van der Waals surface area contributed by atoms with Crippen LogP contribution in [0.5, 0.6) is 5.75 Å². The first-order valence-corrected chi connectivity index (χ1v) is 12.1. The molecular weight excluding hydrogens is 484 g/mol. The average Bonchev–Trinajstić information content (AvgIpc) is 2.94. The van der Waals surface area contributed by atoms with Crippen LogP contribution in [0.1, 0.15) is 0 Å². The van der Waals surface area contributed by atoms with Crippen molar-refractivity contribution in [3.05, 3.63) is 78.0 Å². The number of benzene rings is 2. The van der Waals surface area contributed by atoms with Gasteiger partial charge in [-0.1, -0.05) is 12.6 Å². The molecule has 38 heavy (non-hydrogen) atoms. The summed E-state index contributed by atoms with van der Waals surface area (Å²) in [6, 6.07) is 13.0. The lowest BCUT2D eigenvalue weighted by molar-refractivity contribution is -0.111. The number of likely N-dealkylation sites (N-methyl/N-ethyl adjacent to an activating group) is 1. The largest absolute Gasteiger partial charge is 0.495 e. The number of methoxy groups -OCH3 is 1. The van der Waals surface area contributed by atoms with Crippen LogP contribution in [0.2, 0.25) is 0 Å². The number of piperazine rings is 1. The van der Waals surface area contributed by atoms with Crippen molar-refractivity contribution in [2.75, 3.05) is 55.9 Å². The standard InChI is InChI=1S/C27H28N8O3/c1-4-24(36)30-18-6-5-7-20(14-18)35-17-29-26(37)21-16-28-27(32-25(21)35)31-19-8-9-22(23(15-19)38-3)34-12-10-33(2)11-13-34/h4-9,14-17H,1,10-13H2,2-3H3,(H,30,36)(H,28,31,32). The van der Waals surface area contributed by atoms with Crippen LogP contribution in [0, 0.1) is 0 Å². The zero-order valence-electron chi connectivity index (χ0n) is 21.2. The summed E-state index contributed by atoms with van der Waals surface area (Å²) in [6.07, 6.45) is 4.06. The van der Waals surface area contributed by atoms with Crippen molar-refractivity contribution in [3.63, 3.8) is 0 Å². The van der Waals surface area contributed by atoms with Crippen molar-refractivity contribution in [2.24, 2.45) is 0 Å². The number of aromatic nitrogens is 4. The van der Waals surface area contributed by atoms with Gasteiger partial charge in [-0.3, -0.25) is 14.2 Å². The molecule has 1 aliphatic rings. The number of carbonyl (C=O) groups excluding carboxylic acids is 1. The maximum Gasteiger partial charge on any atom is 0.283 e. The third kappa shape index (κ3) is 5.18. The molecule has 3 heterocycles. The minimum atomic E-state index is -0.433. The molecule has 0 saturated carbocycles. The zero-order valence-corrected chi connectivity index (χ0v) is 21.2. The lowest BCUT2D eigenvalue weighted by atomic mass is 10.2. The number of amides is 1. The molecule has 11 nitrogen and oxygen atoms in total. The summed E-state index contributed by atoms with van der Waals surface area (Å²) >= 11 is 0. The summed E-state index contributed by atoms with van der Waals surface area (Å²) < 4.78 is 7.36.